The maximum Gasteiger partial charge on any atom is 0.123 e. The van der Waals surface area contributed by atoms with Crippen LogP contribution in [0.1, 0.15) is 24.2 Å². The van der Waals surface area contributed by atoms with Crippen LogP contribution < -0.4 is 5.32 Å². The molecule has 1 atom stereocenters. The van der Waals surface area contributed by atoms with Crippen molar-refractivity contribution in [3.63, 3.8) is 0 Å². The van der Waals surface area contributed by atoms with Crippen molar-refractivity contribution in [1.29, 1.82) is 0 Å². The second kappa shape index (κ2) is 5.10. The van der Waals surface area contributed by atoms with Gasteiger partial charge in [-0.05, 0) is 31.7 Å². The summed E-state index contributed by atoms with van der Waals surface area (Å²) in [5.74, 6) is -0.206. The Bertz CT molecular complexity index is 476. The van der Waals surface area contributed by atoms with E-state index >= 15 is 0 Å². The van der Waals surface area contributed by atoms with E-state index < -0.39 is 0 Å². The Morgan fingerprint density at radius 3 is 2.71 bits per heavy atom. The monoisotopic (exact) mass is 233 g/mol. The average molecular weight is 233 g/mol. The van der Waals surface area contributed by atoms with Crippen molar-refractivity contribution in [2.24, 2.45) is 0 Å². The highest BCUT2D eigenvalue weighted by atomic mass is 19.1. The number of hydrogen-bond donors (Lipinski definition) is 1. The smallest absolute Gasteiger partial charge is 0.123 e. The van der Waals surface area contributed by atoms with Gasteiger partial charge in [0, 0.05) is 12.7 Å². The maximum atomic E-state index is 12.9. The molecule has 0 saturated heterocycles. The predicted molar refractivity (Wildman–Crippen MR) is 65.2 cm³/mol. The molecule has 0 radical (unpaired) electrons. The van der Waals surface area contributed by atoms with Crippen molar-refractivity contribution < 1.29 is 4.39 Å². The molecule has 0 bridgehead atoms. The second-order valence-electron chi connectivity index (χ2n) is 4.05. The minimum absolute atomic E-state index is 0.154. The molecule has 0 saturated carbocycles. The van der Waals surface area contributed by atoms with Gasteiger partial charge >= 0.3 is 0 Å². The fraction of sp³-hybridized carbons (Fsp3) is 0.308. The third-order valence-corrected chi connectivity index (χ3v) is 2.87. The van der Waals surface area contributed by atoms with Crippen LogP contribution in [0.15, 0.2) is 36.8 Å². The van der Waals surface area contributed by atoms with Gasteiger partial charge < -0.3 is 9.88 Å². The van der Waals surface area contributed by atoms with Crippen LogP contribution in [0.25, 0.3) is 0 Å². The number of imidazole rings is 1. The van der Waals surface area contributed by atoms with Gasteiger partial charge in [-0.1, -0.05) is 12.1 Å². The van der Waals surface area contributed by atoms with Gasteiger partial charge in [-0.3, -0.25) is 0 Å². The van der Waals surface area contributed by atoms with E-state index in [2.05, 4.69) is 21.8 Å². The van der Waals surface area contributed by atoms with Crippen LogP contribution >= 0.6 is 0 Å². The van der Waals surface area contributed by atoms with E-state index in [1.807, 2.05) is 25.4 Å². The van der Waals surface area contributed by atoms with Gasteiger partial charge in [0.25, 0.3) is 0 Å². The lowest BCUT2D eigenvalue weighted by Crippen LogP contribution is -2.14. The highest BCUT2D eigenvalue weighted by Crippen LogP contribution is 2.19. The van der Waals surface area contributed by atoms with Crippen molar-refractivity contribution in [1.82, 2.24) is 14.9 Å². The highest BCUT2D eigenvalue weighted by molar-refractivity contribution is 5.21. The fourth-order valence-electron chi connectivity index (χ4n) is 1.90. The summed E-state index contributed by atoms with van der Waals surface area (Å²) in [7, 11) is 1.90. The van der Waals surface area contributed by atoms with Crippen molar-refractivity contribution in [3.05, 3.63) is 53.9 Å². The molecule has 1 aromatic heterocycles. The Balaban J connectivity index is 2.26. The molecule has 0 aliphatic carbocycles. The SMILES string of the molecule is CNCc1cncn1C(C)c1ccc(F)cc1. The summed E-state index contributed by atoms with van der Waals surface area (Å²) in [6, 6.07) is 6.74. The molecule has 17 heavy (non-hydrogen) atoms. The van der Waals surface area contributed by atoms with Crippen LogP contribution in [0.4, 0.5) is 4.39 Å². The number of nitrogens with zero attached hydrogens (tertiary/aromatic N) is 2. The summed E-state index contributed by atoms with van der Waals surface area (Å²) >= 11 is 0. The van der Waals surface area contributed by atoms with E-state index in [4.69, 9.17) is 0 Å². The molecule has 0 spiro atoms. The number of rotatable bonds is 4. The molecule has 4 heteroatoms. The summed E-state index contributed by atoms with van der Waals surface area (Å²) in [5.41, 5.74) is 2.19. The van der Waals surface area contributed by atoms with Crippen molar-refractivity contribution in [3.8, 4) is 0 Å². The summed E-state index contributed by atoms with van der Waals surface area (Å²) in [6.07, 6.45) is 3.65. The lowest BCUT2D eigenvalue weighted by molar-refractivity contribution is 0.588. The van der Waals surface area contributed by atoms with E-state index in [1.165, 1.54) is 12.1 Å². The first-order chi connectivity index (χ1) is 8.22. The maximum absolute atomic E-state index is 12.9. The molecular weight excluding hydrogens is 217 g/mol. The molecule has 0 aliphatic heterocycles. The molecule has 1 N–H and O–H groups in total. The van der Waals surface area contributed by atoms with Gasteiger partial charge in [0.2, 0.25) is 0 Å². The Kier molecular flexibility index (Phi) is 3.54. The molecule has 2 aromatic rings. The van der Waals surface area contributed by atoms with Gasteiger partial charge in [0.1, 0.15) is 5.82 Å². The number of halogens is 1. The lowest BCUT2D eigenvalue weighted by Gasteiger charge is -2.17. The van der Waals surface area contributed by atoms with Crippen LogP contribution in [0, 0.1) is 5.82 Å². The second-order valence-corrected chi connectivity index (χ2v) is 4.05. The van der Waals surface area contributed by atoms with Gasteiger partial charge in [0.05, 0.1) is 18.1 Å². The quantitative estimate of drug-likeness (QED) is 0.878. The average Bonchev–Trinajstić information content (AvgIpc) is 2.78. The Labute approximate surface area is 100 Å². The van der Waals surface area contributed by atoms with Gasteiger partial charge in [-0.2, -0.15) is 0 Å². The summed E-state index contributed by atoms with van der Waals surface area (Å²) < 4.78 is 15.0. The largest absolute Gasteiger partial charge is 0.326 e. The van der Waals surface area contributed by atoms with E-state index in [-0.39, 0.29) is 11.9 Å². The summed E-state index contributed by atoms with van der Waals surface area (Å²) in [6.45, 7) is 2.85. The Morgan fingerprint density at radius 1 is 1.35 bits per heavy atom. The molecule has 1 aromatic carbocycles. The van der Waals surface area contributed by atoms with E-state index in [0.717, 1.165) is 17.8 Å². The number of nitrogens with one attached hydrogen (secondary N) is 1. The van der Waals surface area contributed by atoms with Crippen LogP contribution in [0.5, 0.6) is 0 Å². The summed E-state index contributed by atoms with van der Waals surface area (Å²) in [4.78, 5) is 4.15. The number of benzene rings is 1. The van der Waals surface area contributed by atoms with E-state index in [0.29, 0.717) is 0 Å². The van der Waals surface area contributed by atoms with Crippen LogP contribution in [-0.2, 0) is 6.54 Å². The zero-order valence-electron chi connectivity index (χ0n) is 10.0. The fourth-order valence-corrected chi connectivity index (χ4v) is 1.90. The summed E-state index contributed by atoms with van der Waals surface area (Å²) in [5, 5.41) is 3.11. The van der Waals surface area contributed by atoms with Crippen LogP contribution in [0.2, 0.25) is 0 Å². The zero-order valence-corrected chi connectivity index (χ0v) is 10.0. The molecule has 1 heterocycles. The first-order valence-electron chi connectivity index (χ1n) is 5.63. The van der Waals surface area contributed by atoms with Gasteiger partial charge in [0.15, 0.2) is 0 Å². The first-order valence-corrected chi connectivity index (χ1v) is 5.63. The Morgan fingerprint density at radius 2 is 2.06 bits per heavy atom. The van der Waals surface area contributed by atoms with Gasteiger partial charge in [-0.25, -0.2) is 9.37 Å². The number of hydrogen-bond acceptors (Lipinski definition) is 2. The normalized spacial score (nSPS) is 12.6. The molecule has 0 aliphatic rings. The highest BCUT2D eigenvalue weighted by Gasteiger charge is 2.11. The first kappa shape index (κ1) is 11.8. The third-order valence-electron chi connectivity index (χ3n) is 2.87. The van der Waals surface area contributed by atoms with E-state index in [1.54, 1.807) is 6.33 Å². The lowest BCUT2D eigenvalue weighted by atomic mass is 10.1. The Hall–Kier alpha value is -1.68. The zero-order chi connectivity index (χ0) is 12.3. The predicted octanol–water partition coefficient (Wildman–Crippen LogP) is 2.35. The molecule has 0 amide bonds. The third kappa shape index (κ3) is 2.53. The van der Waals surface area contributed by atoms with E-state index in [9.17, 15) is 4.39 Å². The molecule has 3 nitrogen and oxygen atoms in total. The molecule has 90 valence electrons. The number of aromatic nitrogens is 2. The molecular formula is C13H16FN3. The topological polar surface area (TPSA) is 29.9 Å². The van der Waals surface area contributed by atoms with Crippen molar-refractivity contribution >= 4 is 0 Å². The van der Waals surface area contributed by atoms with Crippen molar-refractivity contribution in [2.45, 2.75) is 19.5 Å². The molecule has 2 rings (SSSR count). The van der Waals surface area contributed by atoms with Crippen LogP contribution in [0.3, 0.4) is 0 Å². The molecule has 0 fully saturated rings. The van der Waals surface area contributed by atoms with Crippen molar-refractivity contribution in [2.75, 3.05) is 7.05 Å². The minimum Gasteiger partial charge on any atom is -0.326 e. The minimum atomic E-state index is -0.206. The molecule has 1 unspecified atom stereocenters. The van der Waals surface area contributed by atoms with Crippen LogP contribution in [-0.4, -0.2) is 16.6 Å². The van der Waals surface area contributed by atoms with Gasteiger partial charge in [-0.15, -0.1) is 0 Å². The standard InChI is InChI=1S/C13H16FN3/c1-10(11-3-5-12(14)6-4-11)17-9-16-8-13(17)7-15-2/h3-6,8-10,15H,7H2,1-2H3.